The minimum absolute atomic E-state index is 0.107. The number of aryl methyl sites for hydroxylation is 1. The first-order valence-electron chi connectivity index (χ1n) is 10.7. The first-order valence-corrected chi connectivity index (χ1v) is 10.7. The van der Waals surface area contributed by atoms with E-state index in [0.29, 0.717) is 28.4 Å². The van der Waals surface area contributed by atoms with Gasteiger partial charge in [-0.15, -0.1) is 0 Å². The van der Waals surface area contributed by atoms with Crippen LogP contribution in [-0.2, 0) is 9.59 Å². The van der Waals surface area contributed by atoms with E-state index in [0.717, 1.165) is 5.56 Å². The largest absolute Gasteiger partial charge is 0.497 e. The van der Waals surface area contributed by atoms with Gasteiger partial charge in [0.05, 0.1) is 24.3 Å². The number of anilines is 3. The first kappa shape index (κ1) is 22.1. The third-order valence-electron chi connectivity index (χ3n) is 5.70. The Morgan fingerprint density at radius 3 is 2.27 bits per heavy atom. The molecule has 0 aliphatic carbocycles. The minimum atomic E-state index is -0.521. The van der Waals surface area contributed by atoms with Gasteiger partial charge in [-0.05, 0) is 55.0 Å². The number of carbonyl (C=O) groups excluding carboxylic acids is 3. The highest BCUT2D eigenvalue weighted by Gasteiger charge is 2.35. The maximum Gasteiger partial charge on any atom is 0.257 e. The Balaban J connectivity index is 1.46. The Kier molecular flexibility index (Phi) is 6.40. The molecule has 33 heavy (non-hydrogen) atoms. The van der Waals surface area contributed by atoms with Crippen molar-refractivity contribution in [2.45, 2.75) is 13.3 Å². The van der Waals surface area contributed by atoms with Crippen LogP contribution in [0, 0.1) is 12.8 Å². The highest BCUT2D eigenvalue weighted by molar-refractivity contribution is 6.11. The lowest BCUT2D eigenvalue weighted by Crippen LogP contribution is -2.28. The van der Waals surface area contributed by atoms with Crippen LogP contribution in [0.1, 0.15) is 22.3 Å². The van der Waals surface area contributed by atoms with Crippen LogP contribution in [0.15, 0.2) is 72.8 Å². The molecule has 3 aromatic rings. The second kappa shape index (κ2) is 9.56. The highest BCUT2D eigenvalue weighted by Crippen LogP contribution is 2.28. The zero-order chi connectivity index (χ0) is 23.4. The summed E-state index contributed by atoms with van der Waals surface area (Å²) in [5.41, 5.74) is 3.12. The van der Waals surface area contributed by atoms with Crippen molar-refractivity contribution in [2.24, 2.45) is 5.92 Å². The standard InChI is InChI=1S/C26H25N3O4/c1-17-7-3-5-9-22(17)27-26(32)21-8-4-6-10-23(21)28-25(31)18-15-24(30)29(16-18)19-11-13-20(33-2)14-12-19/h3-14,18H,15-16H2,1-2H3,(H,27,32)(H,28,31)/t18-/m1/s1. The zero-order valence-corrected chi connectivity index (χ0v) is 18.5. The van der Waals surface area contributed by atoms with Gasteiger partial charge in [0, 0.05) is 24.3 Å². The van der Waals surface area contributed by atoms with Crippen LogP contribution < -0.4 is 20.3 Å². The van der Waals surface area contributed by atoms with Crippen molar-refractivity contribution < 1.29 is 19.1 Å². The molecule has 0 spiro atoms. The fourth-order valence-corrected chi connectivity index (χ4v) is 3.82. The number of carbonyl (C=O) groups is 3. The monoisotopic (exact) mass is 443 g/mol. The molecule has 2 N–H and O–H groups in total. The Bertz CT molecular complexity index is 1190. The Morgan fingerprint density at radius 2 is 1.58 bits per heavy atom. The van der Waals surface area contributed by atoms with Crippen molar-refractivity contribution in [2.75, 3.05) is 29.2 Å². The number of para-hydroxylation sites is 2. The van der Waals surface area contributed by atoms with Crippen LogP contribution in [0.5, 0.6) is 5.75 Å². The van der Waals surface area contributed by atoms with Crippen LogP contribution in [0.2, 0.25) is 0 Å². The predicted octanol–water partition coefficient (Wildman–Crippen LogP) is 4.25. The summed E-state index contributed by atoms with van der Waals surface area (Å²) in [6.07, 6.45) is 0.107. The number of ether oxygens (including phenoxy) is 1. The lowest BCUT2D eigenvalue weighted by Gasteiger charge is -2.17. The maximum atomic E-state index is 13.0. The molecule has 7 nitrogen and oxygen atoms in total. The highest BCUT2D eigenvalue weighted by atomic mass is 16.5. The van der Waals surface area contributed by atoms with Gasteiger partial charge in [-0.3, -0.25) is 14.4 Å². The van der Waals surface area contributed by atoms with Gasteiger partial charge in [-0.25, -0.2) is 0 Å². The van der Waals surface area contributed by atoms with Crippen LogP contribution in [0.4, 0.5) is 17.1 Å². The molecule has 3 aromatic carbocycles. The van der Waals surface area contributed by atoms with E-state index < -0.39 is 5.92 Å². The molecule has 3 amide bonds. The molecule has 7 heteroatoms. The van der Waals surface area contributed by atoms with Crippen LogP contribution in [0.3, 0.4) is 0 Å². The molecule has 4 rings (SSSR count). The van der Waals surface area contributed by atoms with Gasteiger partial charge >= 0.3 is 0 Å². The van der Waals surface area contributed by atoms with Crippen molar-refractivity contribution >= 4 is 34.8 Å². The fraction of sp³-hybridized carbons (Fsp3) is 0.192. The van der Waals surface area contributed by atoms with Gasteiger partial charge in [0.1, 0.15) is 5.75 Å². The molecule has 0 unspecified atom stereocenters. The smallest absolute Gasteiger partial charge is 0.257 e. The number of rotatable bonds is 6. The van der Waals surface area contributed by atoms with Crippen LogP contribution in [-0.4, -0.2) is 31.4 Å². The van der Waals surface area contributed by atoms with Crippen molar-refractivity contribution in [3.63, 3.8) is 0 Å². The summed E-state index contributed by atoms with van der Waals surface area (Å²) in [6, 6.07) is 21.5. The first-order chi connectivity index (χ1) is 16.0. The summed E-state index contributed by atoms with van der Waals surface area (Å²) >= 11 is 0. The average Bonchev–Trinajstić information content (AvgIpc) is 3.22. The third kappa shape index (κ3) is 4.87. The summed E-state index contributed by atoms with van der Waals surface area (Å²) in [6.45, 7) is 2.18. The van der Waals surface area contributed by atoms with Gasteiger partial charge in [-0.1, -0.05) is 30.3 Å². The maximum absolute atomic E-state index is 13.0. The van der Waals surface area contributed by atoms with E-state index in [2.05, 4.69) is 10.6 Å². The zero-order valence-electron chi connectivity index (χ0n) is 18.5. The minimum Gasteiger partial charge on any atom is -0.497 e. The van der Waals surface area contributed by atoms with E-state index in [1.165, 1.54) is 0 Å². The quantitative estimate of drug-likeness (QED) is 0.596. The Hall–Kier alpha value is -4.13. The Labute approximate surface area is 192 Å². The Morgan fingerprint density at radius 1 is 0.909 bits per heavy atom. The normalized spacial score (nSPS) is 15.3. The number of nitrogens with zero attached hydrogens (tertiary/aromatic N) is 1. The van der Waals surface area contributed by atoms with E-state index in [1.807, 2.05) is 31.2 Å². The summed E-state index contributed by atoms with van der Waals surface area (Å²) in [5, 5.41) is 5.74. The number of benzene rings is 3. The molecule has 0 radical (unpaired) electrons. The van der Waals surface area contributed by atoms with Gasteiger partial charge < -0.3 is 20.3 Å². The molecule has 0 bridgehead atoms. The van der Waals surface area contributed by atoms with Crippen molar-refractivity contribution in [1.29, 1.82) is 0 Å². The molecule has 1 heterocycles. The molecule has 168 valence electrons. The molecule has 0 aromatic heterocycles. The van der Waals surface area contributed by atoms with E-state index in [1.54, 1.807) is 60.5 Å². The number of nitrogens with one attached hydrogen (secondary N) is 2. The summed E-state index contributed by atoms with van der Waals surface area (Å²) in [7, 11) is 1.58. The van der Waals surface area contributed by atoms with E-state index in [4.69, 9.17) is 4.74 Å². The molecular formula is C26H25N3O4. The lowest BCUT2D eigenvalue weighted by molar-refractivity contribution is -0.122. The molecule has 1 aliphatic heterocycles. The molecule has 1 atom stereocenters. The average molecular weight is 444 g/mol. The molecule has 0 saturated carbocycles. The number of hydrogen-bond donors (Lipinski definition) is 2. The fourth-order valence-electron chi connectivity index (χ4n) is 3.82. The van der Waals surface area contributed by atoms with E-state index >= 15 is 0 Å². The van der Waals surface area contributed by atoms with Gasteiger partial charge in [0.25, 0.3) is 5.91 Å². The second-order valence-corrected chi connectivity index (χ2v) is 7.91. The lowest BCUT2D eigenvalue weighted by atomic mass is 10.1. The number of hydrogen-bond acceptors (Lipinski definition) is 4. The summed E-state index contributed by atoms with van der Waals surface area (Å²) in [5.74, 6) is -0.559. The second-order valence-electron chi connectivity index (χ2n) is 7.91. The number of methoxy groups -OCH3 is 1. The molecular weight excluding hydrogens is 418 g/mol. The van der Waals surface area contributed by atoms with E-state index in [9.17, 15) is 14.4 Å². The topological polar surface area (TPSA) is 87.7 Å². The van der Waals surface area contributed by atoms with Crippen molar-refractivity contribution in [3.8, 4) is 5.75 Å². The SMILES string of the molecule is COc1ccc(N2C[C@H](C(=O)Nc3ccccc3C(=O)Nc3ccccc3C)CC2=O)cc1. The third-order valence-corrected chi connectivity index (χ3v) is 5.70. The van der Waals surface area contributed by atoms with Crippen LogP contribution in [0.25, 0.3) is 0 Å². The predicted molar refractivity (Wildman–Crippen MR) is 128 cm³/mol. The van der Waals surface area contributed by atoms with Crippen molar-refractivity contribution in [3.05, 3.63) is 83.9 Å². The molecule has 1 saturated heterocycles. The van der Waals surface area contributed by atoms with Crippen molar-refractivity contribution in [1.82, 2.24) is 0 Å². The van der Waals surface area contributed by atoms with Crippen LogP contribution >= 0.6 is 0 Å². The molecule has 1 fully saturated rings. The summed E-state index contributed by atoms with van der Waals surface area (Å²) < 4.78 is 5.16. The van der Waals surface area contributed by atoms with E-state index in [-0.39, 0.29) is 30.7 Å². The van der Waals surface area contributed by atoms with Gasteiger partial charge in [-0.2, -0.15) is 0 Å². The summed E-state index contributed by atoms with van der Waals surface area (Å²) in [4.78, 5) is 40.0. The van der Waals surface area contributed by atoms with Gasteiger partial charge in [0.15, 0.2) is 0 Å². The molecule has 1 aliphatic rings. The van der Waals surface area contributed by atoms with Gasteiger partial charge in [0.2, 0.25) is 11.8 Å². The number of amides is 3.